The highest BCUT2D eigenvalue weighted by molar-refractivity contribution is 6.21. The fourth-order valence-corrected chi connectivity index (χ4v) is 3.00. The summed E-state index contributed by atoms with van der Waals surface area (Å²) < 4.78 is 0. The number of aliphatic carboxylic acids is 1. The first kappa shape index (κ1) is 16.8. The lowest BCUT2D eigenvalue weighted by molar-refractivity contribution is -0.140. The molecule has 22 heavy (non-hydrogen) atoms. The maximum atomic E-state index is 10.4. The molecule has 3 unspecified atom stereocenters. The van der Waals surface area contributed by atoms with Gasteiger partial charge in [-0.15, -0.1) is 11.6 Å². The van der Waals surface area contributed by atoms with E-state index in [0.29, 0.717) is 18.8 Å². The first-order valence-corrected chi connectivity index (χ1v) is 7.88. The molecule has 0 saturated carbocycles. The number of carboxylic acids is 1. The molecule has 120 valence electrons. The van der Waals surface area contributed by atoms with E-state index in [-0.39, 0.29) is 11.3 Å². The summed E-state index contributed by atoms with van der Waals surface area (Å²) in [5.74, 6) is -0.539. The summed E-state index contributed by atoms with van der Waals surface area (Å²) in [6.07, 6.45) is 0.769. The third kappa shape index (κ3) is 4.21. The molecule has 2 aliphatic rings. The van der Waals surface area contributed by atoms with Crippen LogP contribution in [0.2, 0.25) is 0 Å². The van der Waals surface area contributed by atoms with Crippen LogP contribution in [0.5, 0.6) is 0 Å². The van der Waals surface area contributed by atoms with E-state index in [1.807, 2.05) is 0 Å². The minimum absolute atomic E-state index is 0.126. The van der Waals surface area contributed by atoms with Gasteiger partial charge in [-0.1, -0.05) is 31.2 Å². The minimum atomic E-state index is -0.944. The molecular weight excluding hydrogens is 304 g/mol. The molecular formula is C16H21ClN2O3. The summed E-state index contributed by atoms with van der Waals surface area (Å²) in [5, 5.41) is 14.1. The molecule has 3 rings (SSSR count). The predicted molar refractivity (Wildman–Crippen MR) is 85.1 cm³/mol. The van der Waals surface area contributed by atoms with Crippen LogP contribution in [-0.2, 0) is 9.59 Å². The van der Waals surface area contributed by atoms with E-state index in [1.54, 1.807) is 0 Å². The van der Waals surface area contributed by atoms with Crippen LogP contribution in [-0.4, -0.2) is 36.1 Å². The van der Waals surface area contributed by atoms with Crippen LogP contribution in [0.4, 0.5) is 0 Å². The fraction of sp³-hybridized carbons (Fsp3) is 0.500. The molecule has 0 radical (unpaired) electrons. The second-order valence-electron chi connectivity index (χ2n) is 5.65. The summed E-state index contributed by atoms with van der Waals surface area (Å²) in [4.78, 5) is 20.5. The first-order chi connectivity index (χ1) is 10.5. The fourth-order valence-electron chi connectivity index (χ4n) is 2.69. The van der Waals surface area contributed by atoms with Gasteiger partial charge in [-0.2, -0.15) is 0 Å². The van der Waals surface area contributed by atoms with Gasteiger partial charge in [0.2, 0.25) is 5.91 Å². The van der Waals surface area contributed by atoms with E-state index >= 15 is 0 Å². The highest BCUT2D eigenvalue weighted by atomic mass is 35.5. The highest BCUT2D eigenvalue weighted by Gasteiger charge is 2.26. The van der Waals surface area contributed by atoms with Gasteiger partial charge in [0.15, 0.2) is 0 Å². The van der Waals surface area contributed by atoms with Gasteiger partial charge in [-0.3, -0.25) is 4.79 Å². The van der Waals surface area contributed by atoms with Crippen molar-refractivity contribution in [2.45, 2.75) is 37.1 Å². The maximum absolute atomic E-state index is 10.4. The zero-order chi connectivity index (χ0) is 16.1. The lowest BCUT2D eigenvalue weighted by Crippen LogP contribution is -2.32. The number of alkyl halides is 1. The summed E-state index contributed by atoms with van der Waals surface area (Å²) in [6, 6.07) is 7.83. The van der Waals surface area contributed by atoms with Gasteiger partial charge >= 0.3 is 5.97 Å². The third-order valence-corrected chi connectivity index (χ3v) is 4.32. The van der Waals surface area contributed by atoms with Gasteiger partial charge in [0.1, 0.15) is 6.04 Å². The molecule has 1 fully saturated rings. The highest BCUT2D eigenvalue weighted by Crippen LogP contribution is 2.30. The van der Waals surface area contributed by atoms with Crippen molar-refractivity contribution in [1.82, 2.24) is 10.6 Å². The number of hydrogen-bond donors (Lipinski definition) is 3. The number of hydrogen-bond acceptors (Lipinski definition) is 3. The number of amides is 1. The van der Waals surface area contributed by atoms with E-state index in [0.717, 1.165) is 13.1 Å². The Labute approximate surface area is 135 Å². The van der Waals surface area contributed by atoms with Crippen LogP contribution >= 0.6 is 11.6 Å². The topological polar surface area (TPSA) is 78.4 Å². The molecule has 1 aromatic rings. The monoisotopic (exact) mass is 324 g/mol. The molecule has 6 heteroatoms. The van der Waals surface area contributed by atoms with Gasteiger partial charge in [0.05, 0.1) is 5.38 Å². The molecule has 2 aliphatic heterocycles. The van der Waals surface area contributed by atoms with Gasteiger partial charge in [-0.05, 0) is 23.5 Å². The Bertz CT molecular complexity index is 521. The van der Waals surface area contributed by atoms with Crippen molar-refractivity contribution >= 4 is 23.5 Å². The van der Waals surface area contributed by atoms with Gasteiger partial charge in [0.25, 0.3) is 0 Å². The zero-order valence-corrected chi connectivity index (χ0v) is 13.3. The largest absolute Gasteiger partial charge is 0.480 e. The Hall–Kier alpha value is -1.59. The van der Waals surface area contributed by atoms with Crippen molar-refractivity contribution in [2.24, 2.45) is 0 Å². The molecule has 3 atom stereocenters. The maximum Gasteiger partial charge on any atom is 0.326 e. The molecule has 5 nitrogen and oxygen atoms in total. The lowest BCUT2D eigenvalue weighted by Gasteiger charge is -2.12. The van der Waals surface area contributed by atoms with Crippen LogP contribution in [0, 0.1) is 0 Å². The Morgan fingerprint density at radius 3 is 2.50 bits per heavy atom. The number of fused-ring (bicyclic) bond motifs is 1. The summed E-state index contributed by atoms with van der Waals surface area (Å²) in [5.41, 5.74) is 2.69. The number of nitrogens with one attached hydrogen (secondary N) is 2. The summed E-state index contributed by atoms with van der Waals surface area (Å²) >= 11 is 6.25. The summed E-state index contributed by atoms with van der Waals surface area (Å²) in [7, 11) is 0. The van der Waals surface area contributed by atoms with Crippen molar-refractivity contribution in [1.29, 1.82) is 0 Å². The van der Waals surface area contributed by atoms with Crippen LogP contribution in [0.1, 0.15) is 42.2 Å². The Balaban J connectivity index is 0.000000172. The second-order valence-corrected chi connectivity index (χ2v) is 6.18. The molecule has 0 aromatic heterocycles. The van der Waals surface area contributed by atoms with Crippen molar-refractivity contribution in [3.63, 3.8) is 0 Å². The Kier molecular flexibility index (Phi) is 5.80. The smallest absolute Gasteiger partial charge is 0.326 e. The quantitative estimate of drug-likeness (QED) is 0.691. The number of rotatable bonds is 1. The van der Waals surface area contributed by atoms with Crippen LogP contribution in [0.15, 0.2) is 24.3 Å². The molecule has 1 amide bonds. The average molecular weight is 325 g/mol. The van der Waals surface area contributed by atoms with Crippen LogP contribution in [0.3, 0.4) is 0 Å². The molecule has 1 aromatic carbocycles. The molecule has 0 spiro atoms. The number of carboxylic acid groups (broad SMARTS) is 1. The van der Waals surface area contributed by atoms with E-state index < -0.39 is 12.0 Å². The molecule has 1 saturated heterocycles. The van der Waals surface area contributed by atoms with Gasteiger partial charge in [0, 0.05) is 19.5 Å². The molecule has 0 bridgehead atoms. The van der Waals surface area contributed by atoms with E-state index in [1.165, 1.54) is 11.1 Å². The van der Waals surface area contributed by atoms with Gasteiger partial charge < -0.3 is 15.7 Å². The number of carbonyl (C=O) groups is 2. The van der Waals surface area contributed by atoms with Crippen molar-refractivity contribution in [2.75, 3.05) is 13.1 Å². The van der Waals surface area contributed by atoms with E-state index in [9.17, 15) is 9.59 Å². The van der Waals surface area contributed by atoms with E-state index in [2.05, 4.69) is 41.8 Å². The second kappa shape index (κ2) is 7.61. The van der Waals surface area contributed by atoms with Crippen molar-refractivity contribution < 1.29 is 14.7 Å². The van der Waals surface area contributed by atoms with Gasteiger partial charge in [-0.25, -0.2) is 4.79 Å². The number of carbonyl (C=O) groups excluding carboxylic acids is 1. The van der Waals surface area contributed by atoms with E-state index in [4.69, 9.17) is 16.7 Å². The summed E-state index contributed by atoms with van der Waals surface area (Å²) in [6.45, 7) is 4.14. The SMILES string of the molecule is CC1CNCC(Cl)c2ccccc21.O=C1CCC(C(=O)O)N1. The van der Waals surface area contributed by atoms with Crippen molar-refractivity contribution in [3.8, 4) is 0 Å². The van der Waals surface area contributed by atoms with Crippen LogP contribution in [0.25, 0.3) is 0 Å². The normalized spacial score (nSPS) is 27.0. The third-order valence-electron chi connectivity index (χ3n) is 3.93. The minimum Gasteiger partial charge on any atom is -0.480 e. The van der Waals surface area contributed by atoms with Crippen molar-refractivity contribution in [3.05, 3.63) is 35.4 Å². The number of halogens is 1. The Morgan fingerprint density at radius 1 is 1.27 bits per heavy atom. The number of benzene rings is 1. The van der Waals surface area contributed by atoms with Crippen LogP contribution < -0.4 is 10.6 Å². The Morgan fingerprint density at radius 2 is 1.95 bits per heavy atom. The standard InChI is InChI=1S/C11H14ClN.C5H7NO3/c1-8-6-13-7-11(12)10-5-3-2-4-9(8)10;7-4-2-1-3(6-4)5(8)9/h2-5,8,11,13H,6-7H2,1H3;3H,1-2H2,(H,6,7)(H,8,9). The lowest BCUT2D eigenvalue weighted by atomic mass is 9.95. The predicted octanol–water partition coefficient (Wildman–Crippen LogP) is 2.02. The molecule has 0 aliphatic carbocycles. The molecule has 2 heterocycles. The average Bonchev–Trinajstić information content (AvgIpc) is 2.88. The first-order valence-electron chi connectivity index (χ1n) is 7.44. The molecule has 3 N–H and O–H groups in total. The zero-order valence-electron chi connectivity index (χ0n) is 12.5.